The fraction of sp³-hybridized carbons (Fsp3) is 0.250. The molecular formula is C28H32ClN5O5. The third-order valence-electron chi connectivity index (χ3n) is 6.11. The van der Waals surface area contributed by atoms with Gasteiger partial charge in [-0.3, -0.25) is 4.79 Å². The summed E-state index contributed by atoms with van der Waals surface area (Å²) in [5.74, 6) is 1.60. The van der Waals surface area contributed by atoms with Crippen molar-refractivity contribution in [3.05, 3.63) is 71.9 Å². The summed E-state index contributed by atoms with van der Waals surface area (Å²) >= 11 is 0. The highest BCUT2D eigenvalue weighted by atomic mass is 35.5. The molecule has 0 saturated carbocycles. The molecule has 3 aromatic carbocycles. The Bertz CT molecular complexity index is 1400. The number of nitrogens with one attached hydrogen (secondary N) is 1. The molecule has 11 heteroatoms. The second-order valence-corrected chi connectivity index (χ2v) is 8.62. The van der Waals surface area contributed by atoms with E-state index in [1.165, 1.54) is 0 Å². The highest BCUT2D eigenvalue weighted by molar-refractivity contribution is 5.96. The van der Waals surface area contributed by atoms with E-state index in [9.17, 15) is 4.79 Å². The van der Waals surface area contributed by atoms with Crippen LogP contribution in [0, 0.1) is 6.92 Å². The van der Waals surface area contributed by atoms with Crippen LogP contribution in [0.3, 0.4) is 0 Å². The van der Waals surface area contributed by atoms with Crippen molar-refractivity contribution in [1.82, 2.24) is 15.0 Å². The van der Waals surface area contributed by atoms with Gasteiger partial charge in [0.15, 0.2) is 11.5 Å². The van der Waals surface area contributed by atoms with Crippen LogP contribution in [0.25, 0.3) is 16.9 Å². The molecule has 1 atom stereocenters. The Morgan fingerprint density at radius 2 is 1.56 bits per heavy atom. The van der Waals surface area contributed by atoms with Gasteiger partial charge in [0.25, 0.3) is 0 Å². The minimum atomic E-state index is -0.738. The molecule has 0 fully saturated rings. The van der Waals surface area contributed by atoms with Crippen LogP contribution in [0.5, 0.6) is 23.0 Å². The van der Waals surface area contributed by atoms with Crippen molar-refractivity contribution < 1.29 is 23.7 Å². The fourth-order valence-corrected chi connectivity index (χ4v) is 4.07. The molecule has 39 heavy (non-hydrogen) atoms. The number of ether oxygens (including phenoxy) is 4. The van der Waals surface area contributed by atoms with Crippen molar-refractivity contribution in [2.75, 3.05) is 33.8 Å². The van der Waals surface area contributed by atoms with Crippen molar-refractivity contribution in [3.8, 4) is 39.9 Å². The smallest absolute Gasteiger partial charge is 0.241 e. The van der Waals surface area contributed by atoms with Gasteiger partial charge in [-0.15, -0.1) is 17.5 Å². The summed E-state index contributed by atoms with van der Waals surface area (Å²) in [7, 11) is 6.18. The largest absolute Gasteiger partial charge is 0.495 e. The van der Waals surface area contributed by atoms with Gasteiger partial charge < -0.3 is 30.0 Å². The lowest BCUT2D eigenvalue weighted by Crippen LogP contribution is -2.37. The lowest BCUT2D eigenvalue weighted by atomic mass is 10.0. The lowest BCUT2D eigenvalue weighted by Gasteiger charge is -2.17. The van der Waals surface area contributed by atoms with Crippen molar-refractivity contribution in [1.29, 1.82) is 0 Å². The molecule has 4 aromatic rings. The minimum absolute atomic E-state index is 0. The first kappa shape index (κ1) is 29.3. The lowest BCUT2D eigenvalue weighted by molar-refractivity contribution is -0.117. The SMILES string of the molecule is COc1ccc(-c2cnnn2-c2cc(OC)c(OC)c(OC)c2)cc1NC(=O)C(N)Cc1ccc(C)cc1.Cl. The summed E-state index contributed by atoms with van der Waals surface area (Å²) in [5.41, 5.74) is 10.9. The molecule has 1 unspecified atom stereocenters. The van der Waals surface area contributed by atoms with Crippen LogP contribution in [-0.4, -0.2) is 55.4 Å². The maximum Gasteiger partial charge on any atom is 0.241 e. The zero-order chi connectivity index (χ0) is 27.2. The Labute approximate surface area is 233 Å². The van der Waals surface area contributed by atoms with Crippen LogP contribution < -0.4 is 30.0 Å². The molecule has 0 aliphatic heterocycles. The Kier molecular flexibility index (Phi) is 9.75. The molecule has 1 aromatic heterocycles. The first-order valence-electron chi connectivity index (χ1n) is 11.9. The van der Waals surface area contributed by atoms with Crippen LogP contribution in [0.15, 0.2) is 60.8 Å². The topological polar surface area (TPSA) is 123 Å². The minimum Gasteiger partial charge on any atom is -0.495 e. The van der Waals surface area contributed by atoms with Crippen LogP contribution in [-0.2, 0) is 11.2 Å². The molecule has 4 rings (SSSR count). The van der Waals surface area contributed by atoms with Crippen molar-refractivity contribution >= 4 is 24.0 Å². The molecule has 0 saturated heterocycles. The van der Waals surface area contributed by atoms with Crippen LogP contribution >= 0.6 is 12.4 Å². The highest BCUT2D eigenvalue weighted by Crippen LogP contribution is 2.40. The number of rotatable bonds is 10. The second-order valence-electron chi connectivity index (χ2n) is 8.62. The molecule has 0 aliphatic rings. The van der Waals surface area contributed by atoms with Gasteiger partial charge in [0.2, 0.25) is 11.7 Å². The molecule has 0 spiro atoms. The van der Waals surface area contributed by atoms with E-state index >= 15 is 0 Å². The van der Waals surface area contributed by atoms with E-state index in [4.69, 9.17) is 24.7 Å². The summed E-state index contributed by atoms with van der Waals surface area (Å²) in [4.78, 5) is 13.0. The zero-order valence-corrected chi connectivity index (χ0v) is 23.2. The standard InChI is InChI=1S/C28H31N5O5.ClH/c1-17-6-8-18(9-7-17)12-21(29)28(34)31-22-13-19(10-11-24(22)35-2)23-16-30-32-33(23)20-14-25(36-3)27(38-5)26(15-20)37-4;/h6-11,13-16,21H,12,29H2,1-5H3,(H,31,34);1H. The number of anilines is 1. The molecule has 1 heterocycles. The maximum atomic E-state index is 13.0. The molecule has 3 N–H and O–H groups in total. The number of methoxy groups -OCH3 is 4. The number of carbonyl (C=O) groups excluding carboxylic acids is 1. The van der Waals surface area contributed by atoms with Gasteiger partial charge in [0, 0.05) is 17.7 Å². The third-order valence-corrected chi connectivity index (χ3v) is 6.11. The number of benzene rings is 3. The van der Waals surface area contributed by atoms with E-state index < -0.39 is 6.04 Å². The van der Waals surface area contributed by atoms with Crippen LogP contribution in [0.1, 0.15) is 11.1 Å². The molecule has 0 radical (unpaired) electrons. The van der Waals surface area contributed by atoms with Gasteiger partial charge in [-0.05, 0) is 37.1 Å². The average Bonchev–Trinajstić information content (AvgIpc) is 3.43. The van der Waals surface area contributed by atoms with Gasteiger partial charge in [-0.25, -0.2) is 4.68 Å². The number of nitrogens with two attached hydrogens (primary N) is 1. The van der Waals surface area contributed by atoms with Gasteiger partial charge in [0.05, 0.1) is 57.7 Å². The number of aryl methyl sites for hydroxylation is 1. The van der Waals surface area contributed by atoms with E-state index in [1.807, 2.05) is 37.3 Å². The van der Waals surface area contributed by atoms with Gasteiger partial charge in [-0.2, -0.15) is 0 Å². The monoisotopic (exact) mass is 553 g/mol. The Balaban J connectivity index is 0.00000420. The van der Waals surface area contributed by atoms with Crippen LogP contribution in [0.4, 0.5) is 5.69 Å². The highest BCUT2D eigenvalue weighted by Gasteiger charge is 2.20. The molecule has 1 amide bonds. The normalized spacial score (nSPS) is 11.2. The summed E-state index contributed by atoms with van der Waals surface area (Å²) in [5, 5.41) is 11.3. The van der Waals surface area contributed by atoms with Crippen molar-refractivity contribution in [2.45, 2.75) is 19.4 Å². The zero-order valence-electron chi connectivity index (χ0n) is 22.4. The maximum absolute atomic E-state index is 13.0. The number of aromatic nitrogens is 3. The number of halogens is 1. The first-order chi connectivity index (χ1) is 18.4. The first-order valence-corrected chi connectivity index (χ1v) is 11.9. The molecule has 206 valence electrons. The summed E-state index contributed by atoms with van der Waals surface area (Å²) in [6.07, 6.45) is 2.03. The average molecular weight is 554 g/mol. The summed E-state index contributed by atoms with van der Waals surface area (Å²) < 4.78 is 23.5. The number of hydrogen-bond acceptors (Lipinski definition) is 8. The van der Waals surface area contributed by atoms with E-state index in [2.05, 4.69) is 15.6 Å². The quantitative estimate of drug-likeness (QED) is 0.299. The predicted octanol–water partition coefficient (Wildman–Crippen LogP) is 4.21. The van der Waals surface area contributed by atoms with Crippen molar-refractivity contribution in [3.63, 3.8) is 0 Å². The number of nitrogens with zero attached hydrogens (tertiary/aromatic N) is 3. The van der Waals surface area contributed by atoms with Gasteiger partial charge in [-0.1, -0.05) is 35.0 Å². The van der Waals surface area contributed by atoms with Gasteiger partial charge >= 0.3 is 0 Å². The number of amides is 1. The molecular weight excluding hydrogens is 522 g/mol. The van der Waals surface area contributed by atoms with Gasteiger partial charge in [0.1, 0.15) is 5.75 Å². The molecule has 0 aliphatic carbocycles. The fourth-order valence-electron chi connectivity index (χ4n) is 4.07. The van der Waals surface area contributed by atoms with E-state index in [0.29, 0.717) is 46.5 Å². The number of carbonyl (C=O) groups is 1. The Morgan fingerprint density at radius 1 is 0.923 bits per heavy atom. The molecule has 0 bridgehead atoms. The van der Waals surface area contributed by atoms with Crippen LogP contribution in [0.2, 0.25) is 0 Å². The summed E-state index contributed by atoms with van der Waals surface area (Å²) in [6.45, 7) is 2.01. The second kappa shape index (κ2) is 13.0. The van der Waals surface area contributed by atoms with E-state index in [0.717, 1.165) is 16.7 Å². The van der Waals surface area contributed by atoms with Crippen molar-refractivity contribution in [2.24, 2.45) is 5.73 Å². The summed E-state index contributed by atoms with van der Waals surface area (Å²) in [6, 6.07) is 16.2. The van der Waals surface area contributed by atoms with E-state index in [-0.39, 0.29) is 18.3 Å². The predicted molar refractivity (Wildman–Crippen MR) is 152 cm³/mol. The number of hydrogen-bond donors (Lipinski definition) is 2. The molecule has 10 nitrogen and oxygen atoms in total. The Hall–Kier alpha value is -4.28. The third kappa shape index (κ3) is 6.42. The van der Waals surface area contributed by atoms with E-state index in [1.54, 1.807) is 63.6 Å². The Morgan fingerprint density at radius 3 is 2.15 bits per heavy atom.